The van der Waals surface area contributed by atoms with Crippen molar-refractivity contribution in [2.24, 2.45) is 0 Å². The Balaban J connectivity index is 2.84. The number of H-pyrrole nitrogens is 1. The smallest absolute Gasteiger partial charge is 0.152 e. The molecule has 0 amide bonds. The van der Waals surface area contributed by atoms with E-state index in [-0.39, 0.29) is 0 Å². The highest BCUT2D eigenvalue weighted by molar-refractivity contribution is 5.97. The summed E-state index contributed by atoms with van der Waals surface area (Å²) in [6, 6.07) is 4.11. The summed E-state index contributed by atoms with van der Waals surface area (Å²) >= 11 is 0. The number of rotatable bonds is 1. The van der Waals surface area contributed by atoms with Crippen molar-refractivity contribution >= 4 is 17.2 Å². The number of carbonyl (C=O) groups excluding carboxylic acids is 1. The molecule has 0 saturated carbocycles. The molecule has 0 unspecified atom stereocenters. The van der Waals surface area contributed by atoms with E-state index in [1.54, 1.807) is 6.20 Å². The lowest BCUT2D eigenvalue weighted by Gasteiger charge is -1.99. The van der Waals surface area contributed by atoms with Crippen LogP contribution in [0, 0.1) is 13.8 Å². The maximum Gasteiger partial charge on any atom is 0.152 e. The number of nitrogens with one attached hydrogen (secondary N) is 1. The molecular weight excluding hydrogens is 162 g/mol. The molecule has 1 heterocycles. The molecule has 13 heavy (non-hydrogen) atoms. The second kappa shape index (κ2) is 2.73. The maximum absolute atomic E-state index is 10.7. The summed E-state index contributed by atoms with van der Waals surface area (Å²) in [5.41, 5.74) is 4.23. The zero-order chi connectivity index (χ0) is 9.42. The first-order valence-electron chi connectivity index (χ1n) is 4.26. The fourth-order valence-corrected chi connectivity index (χ4v) is 1.51. The first-order valence-corrected chi connectivity index (χ1v) is 4.26. The highest BCUT2D eigenvalue weighted by atomic mass is 16.1. The molecule has 2 aromatic rings. The SMILES string of the molecule is Cc1cc2[nH]cc(C=O)c2cc1C. The van der Waals surface area contributed by atoms with Crippen molar-refractivity contribution in [3.05, 3.63) is 35.0 Å². The van der Waals surface area contributed by atoms with Crippen molar-refractivity contribution in [2.45, 2.75) is 13.8 Å². The zero-order valence-corrected chi connectivity index (χ0v) is 7.72. The van der Waals surface area contributed by atoms with Crippen LogP contribution in [0.4, 0.5) is 0 Å². The van der Waals surface area contributed by atoms with Gasteiger partial charge in [0.25, 0.3) is 0 Å². The number of aromatic amines is 1. The molecule has 2 rings (SSSR count). The normalized spacial score (nSPS) is 10.6. The van der Waals surface area contributed by atoms with Crippen LogP contribution in [0.15, 0.2) is 18.3 Å². The highest BCUT2D eigenvalue weighted by Gasteiger charge is 2.03. The maximum atomic E-state index is 10.7. The molecule has 0 bridgehead atoms. The molecule has 0 radical (unpaired) electrons. The van der Waals surface area contributed by atoms with Gasteiger partial charge < -0.3 is 4.98 Å². The van der Waals surface area contributed by atoms with Crippen LogP contribution in [0.3, 0.4) is 0 Å². The molecule has 1 N–H and O–H groups in total. The van der Waals surface area contributed by atoms with E-state index in [9.17, 15) is 4.79 Å². The van der Waals surface area contributed by atoms with Crippen LogP contribution in [-0.4, -0.2) is 11.3 Å². The molecule has 1 aromatic heterocycles. The Bertz CT molecular complexity index is 468. The first kappa shape index (κ1) is 8.05. The summed E-state index contributed by atoms with van der Waals surface area (Å²) in [5, 5.41) is 1.01. The standard InChI is InChI=1S/C11H11NO/c1-7-3-10-9(6-13)5-12-11(10)4-8(7)2/h3-6,12H,1-2H3. The van der Waals surface area contributed by atoms with Crippen molar-refractivity contribution in [2.75, 3.05) is 0 Å². The van der Waals surface area contributed by atoms with E-state index in [4.69, 9.17) is 0 Å². The van der Waals surface area contributed by atoms with Gasteiger partial charge in [-0.15, -0.1) is 0 Å². The lowest BCUT2D eigenvalue weighted by atomic mass is 10.1. The van der Waals surface area contributed by atoms with Crippen molar-refractivity contribution in [1.29, 1.82) is 0 Å². The third kappa shape index (κ3) is 1.15. The van der Waals surface area contributed by atoms with Crippen LogP contribution in [0.5, 0.6) is 0 Å². The van der Waals surface area contributed by atoms with E-state index < -0.39 is 0 Å². The zero-order valence-electron chi connectivity index (χ0n) is 7.72. The van der Waals surface area contributed by atoms with Gasteiger partial charge in [0.05, 0.1) is 0 Å². The van der Waals surface area contributed by atoms with E-state index in [1.807, 2.05) is 6.07 Å². The van der Waals surface area contributed by atoms with E-state index >= 15 is 0 Å². The van der Waals surface area contributed by atoms with Gasteiger partial charge in [-0.1, -0.05) is 0 Å². The second-order valence-corrected chi connectivity index (χ2v) is 3.34. The van der Waals surface area contributed by atoms with Crippen molar-refractivity contribution in [3.8, 4) is 0 Å². The number of hydrogen-bond donors (Lipinski definition) is 1. The minimum absolute atomic E-state index is 0.734. The third-order valence-electron chi connectivity index (χ3n) is 2.46. The van der Waals surface area contributed by atoms with Gasteiger partial charge in [-0.05, 0) is 37.1 Å². The molecule has 1 aromatic carbocycles. The van der Waals surface area contributed by atoms with E-state index in [0.717, 1.165) is 22.8 Å². The van der Waals surface area contributed by atoms with Gasteiger partial charge in [0.2, 0.25) is 0 Å². The first-order chi connectivity index (χ1) is 6.22. The van der Waals surface area contributed by atoms with Crippen molar-refractivity contribution < 1.29 is 4.79 Å². The van der Waals surface area contributed by atoms with Crippen LogP contribution in [0.25, 0.3) is 10.9 Å². The largest absolute Gasteiger partial charge is 0.360 e. The molecule has 66 valence electrons. The van der Waals surface area contributed by atoms with Crippen LogP contribution in [0.2, 0.25) is 0 Å². The Kier molecular flexibility index (Phi) is 1.69. The number of carbonyl (C=O) groups is 1. The lowest BCUT2D eigenvalue weighted by Crippen LogP contribution is -1.81. The number of hydrogen-bond acceptors (Lipinski definition) is 1. The summed E-state index contributed by atoms with van der Waals surface area (Å²) < 4.78 is 0. The van der Waals surface area contributed by atoms with Gasteiger partial charge in [-0.3, -0.25) is 4.79 Å². The van der Waals surface area contributed by atoms with Gasteiger partial charge in [0.15, 0.2) is 6.29 Å². The molecule has 2 heteroatoms. The van der Waals surface area contributed by atoms with E-state index in [2.05, 4.69) is 24.9 Å². The van der Waals surface area contributed by atoms with Crippen LogP contribution in [0.1, 0.15) is 21.5 Å². The van der Waals surface area contributed by atoms with Gasteiger partial charge in [0.1, 0.15) is 0 Å². The Labute approximate surface area is 76.6 Å². The Morgan fingerprint density at radius 2 is 1.92 bits per heavy atom. The van der Waals surface area contributed by atoms with Crippen molar-refractivity contribution in [1.82, 2.24) is 4.98 Å². The van der Waals surface area contributed by atoms with Crippen LogP contribution in [-0.2, 0) is 0 Å². The van der Waals surface area contributed by atoms with Crippen LogP contribution >= 0.6 is 0 Å². The number of benzene rings is 1. The third-order valence-corrected chi connectivity index (χ3v) is 2.46. The summed E-state index contributed by atoms with van der Waals surface area (Å²) in [6.45, 7) is 4.12. The number of aromatic nitrogens is 1. The minimum atomic E-state index is 0.734. The number of fused-ring (bicyclic) bond motifs is 1. The Morgan fingerprint density at radius 3 is 2.62 bits per heavy atom. The van der Waals surface area contributed by atoms with Crippen molar-refractivity contribution in [3.63, 3.8) is 0 Å². The summed E-state index contributed by atoms with van der Waals surface area (Å²) in [6.07, 6.45) is 2.63. The average molecular weight is 173 g/mol. The topological polar surface area (TPSA) is 32.9 Å². The molecule has 0 atom stereocenters. The number of aldehydes is 1. The van der Waals surface area contributed by atoms with E-state index in [1.165, 1.54) is 11.1 Å². The molecule has 0 aliphatic carbocycles. The molecular formula is C11H11NO. The van der Waals surface area contributed by atoms with Crippen LogP contribution < -0.4 is 0 Å². The molecule has 0 saturated heterocycles. The monoisotopic (exact) mass is 173 g/mol. The quantitative estimate of drug-likeness (QED) is 0.660. The molecule has 0 aliphatic rings. The summed E-state index contributed by atoms with van der Waals surface area (Å²) in [5.74, 6) is 0. The summed E-state index contributed by atoms with van der Waals surface area (Å²) in [4.78, 5) is 13.7. The van der Waals surface area contributed by atoms with Gasteiger partial charge in [-0.25, -0.2) is 0 Å². The second-order valence-electron chi connectivity index (χ2n) is 3.34. The highest BCUT2D eigenvalue weighted by Crippen LogP contribution is 2.20. The predicted octanol–water partition coefficient (Wildman–Crippen LogP) is 2.60. The average Bonchev–Trinajstić information content (AvgIpc) is 2.48. The molecule has 0 fully saturated rings. The lowest BCUT2D eigenvalue weighted by molar-refractivity contribution is 0.112. The van der Waals surface area contributed by atoms with E-state index in [0.29, 0.717) is 0 Å². The van der Waals surface area contributed by atoms with Gasteiger partial charge >= 0.3 is 0 Å². The molecule has 0 aliphatic heterocycles. The minimum Gasteiger partial charge on any atom is -0.360 e. The molecule has 2 nitrogen and oxygen atoms in total. The fourth-order valence-electron chi connectivity index (χ4n) is 1.51. The number of aryl methyl sites for hydroxylation is 2. The van der Waals surface area contributed by atoms with Gasteiger partial charge in [0, 0.05) is 22.7 Å². The molecule has 0 spiro atoms. The summed E-state index contributed by atoms with van der Waals surface area (Å²) in [7, 11) is 0. The predicted molar refractivity (Wildman–Crippen MR) is 53.2 cm³/mol. The Morgan fingerprint density at radius 1 is 1.23 bits per heavy atom. The Hall–Kier alpha value is -1.57. The van der Waals surface area contributed by atoms with Gasteiger partial charge in [-0.2, -0.15) is 0 Å². The fraction of sp³-hybridized carbons (Fsp3) is 0.182.